The molecule has 0 fully saturated rings. The van der Waals surface area contributed by atoms with Gasteiger partial charge in [-0.3, -0.25) is 4.68 Å². The summed E-state index contributed by atoms with van der Waals surface area (Å²) in [5.74, 6) is 0.841. The van der Waals surface area contributed by atoms with Gasteiger partial charge in [0.25, 0.3) is 0 Å². The fourth-order valence-electron chi connectivity index (χ4n) is 6.02. The molecule has 11 heteroatoms. The van der Waals surface area contributed by atoms with Gasteiger partial charge in [0.05, 0.1) is 35.9 Å². The Morgan fingerprint density at radius 1 is 0.938 bits per heavy atom. The first kappa shape index (κ1) is 32.8. The number of hydrogen-bond acceptors (Lipinski definition) is 8. The predicted molar refractivity (Wildman–Crippen MR) is 184 cm³/mol. The summed E-state index contributed by atoms with van der Waals surface area (Å²) < 4.78 is 43.0. The Balaban J connectivity index is 1.31. The minimum atomic E-state index is -3.34. The van der Waals surface area contributed by atoms with E-state index < -0.39 is 15.8 Å². The number of fused-ring (bicyclic) bond motifs is 2. The third-order valence-corrected chi connectivity index (χ3v) is 9.41. The second kappa shape index (κ2) is 13.9. The monoisotopic (exact) mass is 667 g/mol. The van der Waals surface area contributed by atoms with Crippen LogP contribution in [0.15, 0.2) is 89.8 Å². The number of aliphatic hydroxyl groups is 1. The lowest BCUT2D eigenvalue weighted by Crippen LogP contribution is -2.09. The molecule has 0 saturated heterocycles. The van der Waals surface area contributed by atoms with Crippen LogP contribution in [0.1, 0.15) is 40.8 Å². The first-order valence-corrected chi connectivity index (χ1v) is 17.6. The molecule has 0 spiro atoms. The van der Waals surface area contributed by atoms with Crippen molar-refractivity contribution in [1.29, 1.82) is 0 Å². The van der Waals surface area contributed by atoms with Gasteiger partial charge in [-0.2, -0.15) is 5.10 Å². The average Bonchev–Trinajstić information content (AvgIpc) is 3.62. The summed E-state index contributed by atoms with van der Waals surface area (Å²) in [6.07, 6.45) is 2.36. The molecule has 248 valence electrons. The van der Waals surface area contributed by atoms with Gasteiger partial charge in [-0.15, -0.1) is 0 Å². The SMILES string of the molecule is CCOC(=O)c1[nH]c2c(-c3c(COc4ccc(S(C)(=O)=O)cc4)nn(C)c3CO)cccc2c1CCCOc1cccc2ccccc12. The van der Waals surface area contributed by atoms with Crippen molar-refractivity contribution >= 4 is 37.5 Å². The number of esters is 1. The quantitative estimate of drug-likeness (QED) is 0.107. The summed E-state index contributed by atoms with van der Waals surface area (Å²) in [7, 11) is -1.59. The number of aryl methyl sites for hydroxylation is 2. The first-order valence-electron chi connectivity index (χ1n) is 15.7. The van der Waals surface area contributed by atoms with Gasteiger partial charge in [0.1, 0.15) is 29.5 Å². The zero-order chi connectivity index (χ0) is 33.8. The van der Waals surface area contributed by atoms with Crippen LogP contribution in [0.5, 0.6) is 11.5 Å². The highest BCUT2D eigenvalue weighted by Crippen LogP contribution is 2.37. The lowest BCUT2D eigenvalue weighted by atomic mass is 9.98. The van der Waals surface area contributed by atoms with E-state index in [4.69, 9.17) is 14.2 Å². The first-order chi connectivity index (χ1) is 23.2. The molecule has 10 nitrogen and oxygen atoms in total. The van der Waals surface area contributed by atoms with Gasteiger partial charge in [0, 0.05) is 35.2 Å². The fourth-order valence-corrected chi connectivity index (χ4v) is 6.65. The number of nitrogens with zero attached hydrogens (tertiary/aromatic N) is 2. The lowest BCUT2D eigenvalue weighted by Gasteiger charge is -2.10. The van der Waals surface area contributed by atoms with Crippen molar-refractivity contribution in [3.05, 3.63) is 108 Å². The van der Waals surface area contributed by atoms with Gasteiger partial charge in [-0.05, 0) is 61.0 Å². The van der Waals surface area contributed by atoms with Crippen LogP contribution in [0.3, 0.4) is 0 Å². The Morgan fingerprint density at radius 2 is 1.67 bits per heavy atom. The number of benzene rings is 4. The van der Waals surface area contributed by atoms with Gasteiger partial charge in [0.15, 0.2) is 9.84 Å². The Hall–Kier alpha value is -5.13. The Labute approximate surface area is 278 Å². The van der Waals surface area contributed by atoms with Crippen LogP contribution in [-0.2, 0) is 41.3 Å². The number of hydrogen-bond donors (Lipinski definition) is 2. The summed E-state index contributed by atoms with van der Waals surface area (Å²) in [5, 5.41) is 18.1. The molecule has 48 heavy (non-hydrogen) atoms. The van der Waals surface area contributed by atoms with Gasteiger partial charge in [-0.1, -0.05) is 54.6 Å². The Morgan fingerprint density at radius 3 is 2.42 bits per heavy atom. The molecular weight excluding hydrogens is 630 g/mol. The summed E-state index contributed by atoms with van der Waals surface area (Å²) in [5.41, 5.74) is 4.49. The van der Waals surface area contributed by atoms with Gasteiger partial charge in [0.2, 0.25) is 0 Å². The summed E-state index contributed by atoms with van der Waals surface area (Å²) in [6, 6.07) is 26.1. The van der Waals surface area contributed by atoms with Crippen molar-refractivity contribution in [2.45, 2.75) is 37.9 Å². The van der Waals surface area contributed by atoms with E-state index in [0.717, 1.165) is 39.3 Å². The molecule has 0 aliphatic carbocycles. The number of aromatic amines is 1. The van der Waals surface area contributed by atoms with Gasteiger partial charge < -0.3 is 24.3 Å². The molecule has 2 heterocycles. The molecule has 0 bridgehead atoms. The van der Waals surface area contributed by atoms with Crippen LogP contribution in [0.2, 0.25) is 0 Å². The third kappa shape index (κ3) is 6.65. The summed E-state index contributed by atoms with van der Waals surface area (Å²) >= 11 is 0. The van der Waals surface area contributed by atoms with Crippen LogP contribution < -0.4 is 9.47 Å². The zero-order valence-corrected chi connectivity index (χ0v) is 27.8. The standard InChI is InChI=1S/C37H37N3O7S/c1-4-45-37(42)36-29(15-9-21-46-33-16-7-11-24-10-5-6-12-27(24)33)28-13-8-14-30(35(28)38-36)34-31(39-40(2)32(34)22-41)23-47-25-17-19-26(20-18-25)48(3,43)44/h5-8,10-14,16-20,38,41H,4,9,15,21-23H2,1-3H3. The van der Waals surface area contributed by atoms with Gasteiger partial charge in [-0.25, -0.2) is 13.2 Å². The van der Waals surface area contributed by atoms with Crippen molar-refractivity contribution in [3.8, 4) is 22.6 Å². The summed E-state index contributed by atoms with van der Waals surface area (Å²) in [4.78, 5) is 16.8. The van der Waals surface area contributed by atoms with E-state index >= 15 is 0 Å². The van der Waals surface area contributed by atoms with E-state index in [9.17, 15) is 18.3 Å². The van der Waals surface area contributed by atoms with Crippen LogP contribution in [-0.4, -0.2) is 53.7 Å². The van der Waals surface area contributed by atoms with Crippen LogP contribution in [0.4, 0.5) is 0 Å². The number of sulfone groups is 1. The number of nitrogens with one attached hydrogen (secondary N) is 1. The Bertz CT molecular complexity index is 2200. The average molecular weight is 668 g/mol. The minimum Gasteiger partial charge on any atom is -0.493 e. The van der Waals surface area contributed by atoms with Crippen LogP contribution in [0, 0.1) is 0 Å². The number of aliphatic hydroxyl groups excluding tert-OH is 1. The third-order valence-electron chi connectivity index (χ3n) is 8.28. The minimum absolute atomic E-state index is 0.0571. The molecular formula is C37H37N3O7S. The van der Waals surface area contributed by atoms with Gasteiger partial charge >= 0.3 is 5.97 Å². The maximum atomic E-state index is 13.2. The lowest BCUT2D eigenvalue weighted by molar-refractivity contribution is 0.0519. The largest absolute Gasteiger partial charge is 0.493 e. The number of para-hydroxylation sites is 1. The second-order valence-corrected chi connectivity index (χ2v) is 13.5. The normalized spacial score (nSPS) is 11.7. The van der Waals surface area contributed by atoms with Crippen molar-refractivity contribution < 1.29 is 32.5 Å². The number of carbonyl (C=O) groups is 1. The smallest absolute Gasteiger partial charge is 0.355 e. The maximum Gasteiger partial charge on any atom is 0.355 e. The highest BCUT2D eigenvalue weighted by atomic mass is 32.2. The number of carbonyl (C=O) groups excluding carboxylic acids is 1. The second-order valence-electron chi connectivity index (χ2n) is 11.4. The molecule has 6 aromatic rings. The highest BCUT2D eigenvalue weighted by Gasteiger charge is 2.25. The van der Waals surface area contributed by atoms with E-state index in [1.807, 2.05) is 48.5 Å². The molecule has 0 aliphatic rings. The van der Waals surface area contributed by atoms with E-state index in [1.54, 1.807) is 30.8 Å². The Kier molecular flexibility index (Phi) is 9.51. The van der Waals surface area contributed by atoms with E-state index in [1.165, 1.54) is 12.1 Å². The molecule has 0 saturated carbocycles. The number of aromatic nitrogens is 3. The van der Waals surface area contributed by atoms with Crippen molar-refractivity contribution in [3.63, 3.8) is 0 Å². The van der Waals surface area contributed by atoms with E-state index in [0.29, 0.717) is 53.4 Å². The van der Waals surface area contributed by atoms with Crippen molar-refractivity contribution in [1.82, 2.24) is 14.8 Å². The van der Waals surface area contributed by atoms with Crippen LogP contribution >= 0.6 is 0 Å². The molecule has 6 rings (SSSR count). The molecule has 0 atom stereocenters. The maximum absolute atomic E-state index is 13.2. The van der Waals surface area contributed by atoms with E-state index in [2.05, 4.69) is 22.2 Å². The summed E-state index contributed by atoms with van der Waals surface area (Å²) in [6.45, 7) is 2.23. The van der Waals surface area contributed by atoms with E-state index in [-0.39, 0.29) is 24.7 Å². The molecule has 0 unspecified atom stereocenters. The number of H-pyrrole nitrogens is 1. The number of ether oxygens (including phenoxy) is 3. The topological polar surface area (TPSA) is 133 Å². The highest BCUT2D eigenvalue weighted by molar-refractivity contribution is 7.90. The van der Waals surface area contributed by atoms with Crippen molar-refractivity contribution in [2.75, 3.05) is 19.5 Å². The fraction of sp³-hybridized carbons (Fsp3) is 0.243. The zero-order valence-electron chi connectivity index (χ0n) is 27.0. The molecule has 0 amide bonds. The molecule has 0 aliphatic heterocycles. The predicted octanol–water partition coefficient (Wildman–Crippen LogP) is 6.38. The van der Waals surface area contributed by atoms with Crippen molar-refractivity contribution in [2.24, 2.45) is 7.05 Å². The molecule has 2 aromatic heterocycles. The molecule has 4 aromatic carbocycles. The number of rotatable bonds is 13. The molecule has 0 radical (unpaired) electrons. The molecule has 2 N–H and O–H groups in total. The van der Waals surface area contributed by atoms with Crippen LogP contribution in [0.25, 0.3) is 32.8 Å².